The van der Waals surface area contributed by atoms with Gasteiger partial charge in [-0.15, -0.1) is 0 Å². The number of carbonyl (C=O) groups excluding carboxylic acids is 2. The van der Waals surface area contributed by atoms with Gasteiger partial charge in [0.15, 0.2) is 0 Å². The van der Waals surface area contributed by atoms with Crippen LogP contribution in [0.2, 0.25) is 0 Å². The van der Waals surface area contributed by atoms with Gasteiger partial charge in [0.25, 0.3) is 0 Å². The van der Waals surface area contributed by atoms with Crippen LogP contribution < -0.4 is 5.73 Å². The van der Waals surface area contributed by atoms with Crippen molar-refractivity contribution < 1.29 is 14.3 Å². The standard InChI is InChI=1S/C14H26N2O3/c1-4-19-14(18)11-5-7-16(8-6-11)13(17)9-12(15)10(2)3/h10-12H,4-9,15H2,1-3H3. The van der Waals surface area contributed by atoms with E-state index in [9.17, 15) is 9.59 Å². The monoisotopic (exact) mass is 270 g/mol. The Balaban J connectivity index is 2.37. The van der Waals surface area contributed by atoms with Crippen LogP contribution in [-0.2, 0) is 14.3 Å². The number of rotatable bonds is 5. The first-order valence-electron chi connectivity index (χ1n) is 7.15. The Labute approximate surface area is 115 Å². The molecule has 1 saturated heterocycles. The lowest BCUT2D eigenvalue weighted by molar-refractivity contribution is -0.151. The van der Waals surface area contributed by atoms with Gasteiger partial charge >= 0.3 is 5.97 Å². The van der Waals surface area contributed by atoms with Gasteiger partial charge in [0.1, 0.15) is 0 Å². The van der Waals surface area contributed by atoms with Gasteiger partial charge in [-0.05, 0) is 25.7 Å². The summed E-state index contributed by atoms with van der Waals surface area (Å²) in [5.41, 5.74) is 5.92. The van der Waals surface area contributed by atoms with Gasteiger partial charge in [-0.3, -0.25) is 9.59 Å². The summed E-state index contributed by atoms with van der Waals surface area (Å²) in [5.74, 6) is 0.223. The minimum absolute atomic E-state index is 0.0530. The topological polar surface area (TPSA) is 72.6 Å². The van der Waals surface area contributed by atoms with E-state index in [0.717, 1.165) is 0 Å². The Hall–Kier alpha value is -1.10. The molecule has 1 heterocycles. The molecule has 19 heavy (non-hydrogen) atoms. The minimum Gasteiger partial charge on any atom is -0.466 e. The maximum atomic E-state index is 12.0. The number of esters is 1. The molecule has 5 nitrogen and oxygen atoms in total. The summed E-state index contributed by atoms with van der Waals surface area (Å²) in [4.78, 5) is 25.5. The van der Waals surface area contributed by atoms with Crippen molar-refractivity contribution in [3.8, 4) is 0 Å². The number of likely N-dealkylation sites (tertiary alicyclic amines) is 1. The van der Waals surface area contributed by atoms with Crippen molar-refractivity contribution in [2.75, 3.05) is 19.7 Å². The molecule has 1 rings (SSSR count). The van der Waals surface area contributed by atoms with E-state index in [4.69, 9.17) is 10.5 Å². The number of hydrogen-bond donors (Lipinski definition) is 1. The zero-order valence-electron chi connectivity index (χ0n) is 12.2. The van der Waals surface area contributed by atoms with E-state index in [1.165, 1.54) is 0 Å². The summed E-state index contributed by atoms with van der Waals surface area (Å²) >= 11 is 0. The van der Waals surface area contributed by atoms with Gasteiger partial charge in [0.2, 0.25) is 5.91 Å². The van der Waals surface area contributed by atoms with Gasteiger partial charge in [-0.25, -0.2) is 0 Å². The third-order valence-corrected chi connectivity index (χ3v) is 3.73. The average molecular weight is 270 g/mol. The second-order valence-electron chi connectivity index (χ2n) is 5.52. The molecule has 0 aliphatic carbocycles. The molecular formula is C14H26N2O3. The van der Waals surface area contributed by atoms with Crippen molar-refractivity contribution in [3.05, 3.63) is 0 Å². The average Bonchev–Trinajstić information content (AvgIpc) is 2.39. The second-order valence-corrected chi connectivity index (χ2v) is 5.52. The van der Waals surface area contributed by atoms with Crippen molar-refractivity contribution in [2.24, 2.45) is 17.6 Å². The minimum atomic E-state index is -0.131. The molecular weight excluding hydrogens is 244 g/mol. The van der Waals surface area contributed by atoms with Crippen LogP contribution in [0.5, 0.6) is 0 Å². The lowest BCUT2D eigenvalue weighted by Gasteiger charge is -2.32. The van der Waals surface area contributed by atoms with Gasteiger partial charge in [-0.1, -0.05) is 13.8 Å². The van der Waals surface area contributed by atoms with E-state index in [1.807, 2.05) is 25.7 Å². The van der Waals surface area contributed by atoms with E-state index in [2.05, 4.69) is 0 Å². The quantitative estimate of drug-likeness (QED) is 0.761. The Bertz CT molecular complexity index is 310. The first-order chi connectivity index (χ1) is 8.95. The molecule has 0 aromatic heterocycles. The van der Waals surface area contributed by atoms with E-state index in [0.29, 0.717) is 44.9 Å². The first-order valence-corrected chi connectivity index (χ1v) is 7.15. The van der Waals surface area contributed by atoms with E-state index in [-0.39, 0.29) is 23.8 Å². The Morgan fingerprint density at radius 1 is 1.32 bits per heavy atom. The SMILES string of the molecule is CCOC(=O)C1CCN(C(=O)CC(N)C(C)C)CC1. The molecule has 1 atom stereocenters. The number of hydrogen-bond acceptors (Lipinski definition) is 4. The third kappa shape index (κ3) is 4.82. The highest BCUT2D eigenvalue weighted by molar-refractivity contribution is 5.78. The summed E-state index contributed by atoms with van der Waals surface area (Å²) < 4.78 is 5.01. The number of carbonyl (C=O) groups is 2. The largest absolute Gasteiger partial charge is 0.466 e. The lowest BCUT2D eigenvalue weighted by Crippen LogP contribution is -2.43. The molecule has 5 heteroatoms. The highest BCUT2D eigenvalue weighted by atomic mass is 16.5. The Morgan fingerprint density at radius 2 is 1.89 bits per heavy atom. The van der Waals surface area contributed by atoms with Crippen LogP contribution in [-0.4, -0.2) is 42.5 Å². The van der Waals surface area contributed by atoms with Crippen LogP contribution in [0.25, 0.3) is 0 Å². The van der Waals surface area contributed by atoms with Crippen molar-refractivity contribution in [1.82, 2.24) is 4.90 Å². The highest BCUT2D eigenvalue weighted by Crippen LogP contribution is 2.19. The molecule has 0 aromatic rings. The number of piperidine rings is 1. The molecule has 1 aliphatic rings. The molecule has 1 unspecified atom stereocenters. The highest BCUT2D eigenvalue weighted by Gasteiger charge is 2.28. The van der Waals surface area contributed by atoms with E-state index < -0.39 is 0 Å². The van der Waals surface area contributed by atoms with Gasteiger partial charge in [0.05, 0.1) is 12.5 Å². The zero-order valence-corrected chi connectivity index (χ0v) is 12.2. The van der Waals surface area contributed by atoms with Gasteiger partial charge in [0, 0.05) is 25.6 Å². The van der Waals surface area contributed by atoms with E-state index >= 15 is 0 Å². The van der Waals surface area contributed by atoms with Crippen LogP contribution in [0.4, 0.5) is 0 Å². The number of amides is 1. The summed E-state index contributed by atoms with van der Waals surface area (Å²) in [7, 11) is 0. The fraction of sp³-hybridized carbons (Fsp3) is 0.857. The fourth-order valence-electron chi connectivity index (χ4n) is 2.19. The van der Waals surface area contributed by atoms with Gasteiger partial charge in [-0.2, -0.15) is 0 Å². The first kappa shape index (κ1) is 16.0. The van der Waals surface area contributed by atoms with Gasteiger partial charge < -0.3 is 15.4 Å². The Morgan fingerprint density at radius 3 is 2.37 bits per heavy atom. The normalized spacial score (nSPS) is 18.5. The van der Waals surface area contributed by atoms with Crippen LogP contribution in [0.3, 0.4) is 0 Å². The molecule has 1 amide bonds. The maximum absolute atomic E-state index is 12.0. The van der Waals surface area contributed by atoms with Crippen LogP contribution in [0, 0.1) is 11.8 Å². The molecule has 0 radical (unpaired) electrons. The molecule has 110 valence electrons. The predicted octanol–water partition coefficient (Wildman–Crippen LogP) is 1.16. The molecule has 0 bridgehead atoms. The second kappa shape index (κ2) is 7.48. The maximum Gasteiger partial charge on any atom is 0.309 e. The summed E-state index contributed by atoms with van der Waals surface area (Å²) in [5, 5.41) is 0. The van der Waals surface area contributed by atoms with E-state index in [1.54, 1.807) is 0 Å². The Kier molecular flexibility index (Phi) is 6.28. The summed E-state index contributed by atoms with van der Waals surface area (Å²) in [6.07, 6.45) is 1.78. The molecule has 0 spiro atoms. The van der Waals surface area contributed by atoms with Crippen molar-refractivity contribution in [3.63, 3.8) is 0 Å². The number of ether oxygens (including phenoxy) is 1. The number of nitrogens with zero attached hydrogens (tertiary/aromatic N) is 1. The predicted molar refractivity (Wildman–Crippen MR) is 73.4 cm³/mol. The van der Waals surface area contributed by atoms with Crippen molar-refractivity contribution in [2.45, 2.75) is 46.1 Å². The summed E-state index contributed by atoms with van der Waals surface area (Å²) in [6, 6.07) is -0.0877. The van der Waals surface area contributed by atoms with Crippen LogP contribution in [0.15, 0.2) is 0 Å². The lowest BCUT2D eigenvalue weighted by atomic mass is 9.95. The zero-order chi connectivity index (χ0) is 14.4. The molecule has 0 saturated carbocycles. The van der Waals surface area contributed by atoms with Crippen LogP contribution in [0.1, 0.15) is 40.0 Å². The third-order valence-electron chi connectivity index (χ3n) is 3.73. The molecule has 1 aliphatic heterocycles. The van der Waals surface area contributed by atoms with Crippen molar-refractivity contribution >= 4 is 11.9 Å². The molecule has 2 N–H and O–H groups in total. The smallest absolute Gasteiger partial charge is 0.309 e. The molecule has 0 aromatic carbocycles. The van der Waals surface area contributed by atoms with Crippen molar-refractivity contribution in [1.29, 1.82) is 0 Å². The molecule has 1 fully saturated rings. The number of nitrogens with two attached hydrogens (primary N) is 1. The van der Waals surface area contributed by atoms with Crippen LogP contribution >= 0.6 is 0 Å². The summed E-state index contributed by atoms with van der Waals surface area (Å²) in [6.45, 7) is 7.53. The fourth-order valence-corrected chi connectivity index (χ4v) is 2.19.